The Morgan fingerprint density at radius 3 is 2.25 bits per heavy atom. The predicted octanol–water partition coefficient (Wildman–Crippen LogP) is 3.51. The summed E-state index contributed by atoms with van der Waals surface area (Å²) in [5, 5.41) is 0. The van der Waals surface area contributed by atoms with Crippen molar-refractivity contribution in [2.45, 2.75) is 20.8 Å². The van der Waals surface area contributed by atoms with Crippen molar-refractivity contribution < 1.29 is 14.0 Å². The van der Waals surface area contributed by atoms with Gasteiger partial charge >= 0.3 is 5.76 Å². The molecule has 0 bridgehead atoms. The fraction of sp³-hybridized carbons (Fsp3) is 0.211. The molecule has 0 saturated heterocycles. The lowest BCUT2D eigenvalue weighted by atomic mass is 9.95. The molecule has 0 atom stereocenters. The molecule has 0 amide bonds. The summed E-state index contributed by atoms with van der Waals surface area (Å²) in [5.74, 6) is -1.27. The van der Waals surface area contributed by atoms with Crippen molar-refractivity contribution in [1.29, 1.82) is 0 Å². The third kappa shape index (κ3) is 2.69. The van der Waals surface area contributed by atoms with Crippen LogP contribution in [0.2, 0.25) is 0 Å². The van der Waals surface area contributed by atoms with Crippen LogP contribution in [0.25, 0.3) is 11.1 Å². The van der Waals surface area contributed by atoms with Gasteiger partial charge in [-0.2, -0.15) is 0 Å². The number of ketones is 1. The Morgan fingerprint density at radius 1 is 0.958 bits per heavy atom. The quantitative estimate of drug-likeness (QED) is 0.677. The summed E-state index contributed by atoms with van der Waals surface area (Å²) in [6, 6.07) is 13.5. The van der Waals surface area contributed by atoms with Gasteiger partial charge in [0.25, 0.3) is 0 Å². The molecule has 0 radical (unpaired) electrons. The monoisotopic (exact) mass is 323 g/mol. The van der Waals surface area contributed by atoms with Crippen molar-refractivity contribution >= 4 is 22.8 Å². The van der Waals surface area contributed by atoms with E-state index in [4.69, 9.17) is 4.42 Å². The van der Waals surface area contributed by atoms with Gasteiger partial charge in [0.2, 0.25) is 5.91 Å². The summed E-state index contributed by atoms with van der Waals surface area (Å²) in [6.45, 7) is 5.19. The summed E-state index contributed by atoms with van der Waals surface area (Å²) in [5.41, 5.74) is 0.810. The molecular formula is C19H17NO4. The molecule has 3 rings (SSSR count). The second-order valence-corrected chi connectivity index (χ2v) is 6.64. The van der Waals surface area contributed by atoms with Crippen molar-refractivity contribution in [3.8, 4) is 0 Å². The molecule has 122 valence electrons. The number of nitrogens with zero attached hydrogens (tertiary/aromatic N) is 1. The first-order chi connectivity index (χ1) is 11.3. The minimum Gasteiger partial charge on any atom is -0.407 e. The SMILES string of the molecule is CC(C)(C)C(=O)n1c(=O)oc2cc(C(=O)c3ccccc3)ccc21. The molecule has 5 heteroatoms. The van der Waals surface area contributed by atoms with Gasteiger partial charge in [-0.1, -0.05) is 51.1 Å². The second kappa shape index (κ2) is 5.60. The zero-order chi connectivity index (χ0) is 17.5. The number of oxazole rings is 1. The Kier molecular flexibility index (Phi) is 3.72. The zero-order valence-corrected chi connectivity index (χ0v) is 13.7. The zero-order valence-electron chi connectivity index (χ0n) is 13.7. The van der Waals surface area contributed by atoms with E-state index in [0.717, 1.165) is 4.57 Å². The Labute approximate surface area is 138 Å². The molecule has 1 heterocycles. The highest BCUT2D eigenvalue weighted by atomic mass is 16.4. The third-order valence-electron chi connectivity index (χ3n) is 3.72. The molecule has 1 aromatic heterocycles. The minimum atomic E-state index is -0.741. The first-order valence-electron chi connectivity index (χ1n) is 7.59. The van der Waals surface area contributed by atoms with E-state index in [9.17, 15) is 14.4 Å². The van der Waals surface area contributed by atoms with E-state index >= 15 is 0 Å². The van der Waals surface area contributed by atoms with E-state index in [2.05, 4.69) is 0 Å². The number of hydrogen-bond donors (Lipinski definition) is 0. The molecule has 3 aromatic rings. The molecule has 0 unspecified atom stereocenters. The summed E-state index contributed by atoms with van der Waals surface area (Å²) in [6.07, 6.45) is 0. The van der Waals surface area contributed by atoms with E-state index in [1.54, 1.807) is 57.2 Å². The molecule has 0 spiro atoms. The normalized spacial score (nSPS) is 11.6. The smallest absolute Gasteiger partial charge is 0.407 e. The summed E-state index contributed by atoms with van der Waals surface area (Å²) < 4.78 is 6.20. The lowest BCUT2D eigenvalue weighted by Gasteiger charge is -2.15. The van der Waals surface area contributed by atoms with Gasteiger partial charge in [-0.25, -0.2) is 9.36 Å². The van der Waals surface area contributed by atoms with E-state index < -0.39 is 11.2 Å². The Balaban J connectivity index is 2.10. The first-order valence-corrected chi connectivity index (χ1v) is 7.59. The van der Waals surface area contributed by atoms with Crippen molar-refractivity contribution in [3.63, 3.8) is 0 Å². The summed E-state index contributed by atoms with van der Waals surface area (Å²) in [4.78, 5) is 37.0. The largest absolute Gasteiger partial charge is 0.426 e. The number of carbonyl (C=O) groups is 2. The van der Waals surface area contributed by atoms with E-state index in [0.29, 0.717) is 16.6 Å². The van der Waals surface area contributed by atoms with Crippen LogP contribution in [-0.2, 0) is 0 Å². The third-order valence-corrected chi connectivity index (χ3v) is 3.72. The van der Waals surface area contributed by atoms with Gasteiger partial charge in [0.15, 0.2) is 11.4 Å². The number of rotatable bonds is 2. The molecule has 0 N–H and O–H groups in total. The number of benzene rings is 2. The van der Waals surface area contributed by atoms with Crippen LogP contribution in [0.4, 0.5) is 0 Å². The van der Waals surface area contributed by atoms with Gasteiger partial charge in [-0.15, -0.1) is 0 Å². The molecule has 0 fully saturated rings. The van der Waals surface area contributed by atoms with Crippen LogP contribution in [0.3, 0.4) is 0 Å². The average Bonchev–Trinajstić information content (AvgIpc) is 2.88. The Morgan fingerprint density at radius 2 is 1.62 bits per heavy atom. The van der Waals surface area contributed by atoms with E-state index in [1.165, 1.54) is 6.07 Å². The molecule has 0 aliphatic rings. The molecule has 5 nitrogen and oxygen atoms in total. The van der Waals surface area contributed by atoms with Crippen LogP contribution in [-0.4, -0.2) is 16.3 Å². The van der Waals surface area contributed by atoms with Crippen LogP contribution >= 0.6 is 0 Å². The van der Waals surface area contributed by atoms with Crippen molar-refractivity contribution in [3.05, 3.63) is 70.2 Å². The highest BCUT2D eigenvalue weighted by Crippen LogP contribution is 2.22. The molecule has 2 aromatic carbocycles. The summed E-state index contributed by atoms with van der Waals surface area (Å²) in [7, 11) is 0. The number of carbonyl (C=O) groups excluding carboxylic acids is 2. The van der Waals surface area contributed by atoms with Crippen molar-refractivity contribution in [1.82, 2.24) is 4.57 Å². The van der Waals surface area contributed by atoms with Crippen LogP contribution in [0.5, 0.6) is 0 Å². The molecule has 0 aliphatic carbocycles. The maximum Gasteiger partial charge on any atom is 0.426 e. The Bertz CT molecular complexity index is 988. The number of aromatic nitrogens is 1. The van der Waals surface area contributed by atoms with Crippen molar-refractivity contribution in [2.75, 3.05) is 0 Å². The molecule has 0 saturated carbocycles. The fourth-order valence-corrected chi connectivity index (χ4v) is 2.44. The van der Waals surface area contributed by atoms with E-state index in [1.807, 2.05) is 6.07 Å². The lowest BCUT2D eigenvalue weighted by molar-refractivity contribution is 0.0762. The number of fused-ring (bicyclic) bond motifs is 1. The second-order valence-electron chi connectivity index (χ2n) is 6.64. The minimum absolute atomic E-state index is 0.171. The average molecular weight is 323 g/mol. The van der Waals surface area contributed by atoms with Gasteiger partial charge in [-0.05, 0) is 18.2 Å². The van der Waals surface area contributed by atoms with Crippen LogP contribution < -0.4 is 5.76 Å². The van der Waals surface area contributed by atoms with Crippen LogP contribution in [0.15, 0.2) is 57.7 Å². The molecular weight excluding hydrogens is 306 g/mol. The number of hydrogen-bond acceptors (Lipinski definition) is 4. The summed E-state index contributed by atoms with van der Waals surface area (Å²) >= 11 is 0. The standard InChI is InChI=1S/C19H17NO4/c1-19(2,3)17(22)20-14-10-9-13(11-15(14)24-18(20)23)16(21)12-7-5-4-6-8-12/h4-11H,1-3H3. The van der Waals surface area contributed by atoms with Crippen molar-refractivity contribution in [2.24, 2.45) is 5.41 Å². The lowest BCUT2D eigenvalue weighted by Crippen LogP contribution is -2.32. The maximum absolute atomic E-state index is 12.5. The maximum atomic E-state index is 12.5. The predicted molar refractivity (Wildman–Crippen MR) is 90.4 cm³/mol. The Hall–Kier alpha value is -2.95. The topological polar surface area (TPSA) is 69.3 Å². The molecule has 0 aliphatic heterocycles. The van der Waals surface area contributed by atoms with Crippen LogP contribution in [0.1, 0.15) is 41.5 Å². The highest BCUT2D eigenvalue weighted by Gasteiger charge is 2.27. The fourth-order valence-electron chi connectivity index (χ4n) is 2.44. The van der Waals surface area contributed by atoms with Gasteiger partial charge < -0.3 is 4.42 Å². The van der Waals surface area contributed by atoms with Gasteiger partial charge in [0.1, 0.15) is 0 Å². The highest BCUT2D eigenvalue weighted by molar-refractivity contribution is 6.10. The molecule has 24 heavy (non-hydrogen) atoms. The first kappa shape index (κ1) is 15.9. The van der Waals surface area contributed by atoms with Gasteiger partial charge in [0, 0.05) is 16.5 Å². The van der Waals surface area contributed by atoms with E-state index in [-0.39, 0.29) is 17.3 Å². The van der Waals surface area contributed by atoms with Gasteiger partial charge in [0.05, 0.1) is 5.52 Å². The van der Waals surface area contributed by atoms with Crippen LogP contribution in [0, 0.1) is 5.41 Å². The van der Waals surface area contributed by atoms with Gasteiger partial charge in [-0.3, -0.25) is 9.59 Å².